The second kappa shape index (κ2) is 7.04. The van der Waals surface area contributed by atoms with Gasteiger partial charge in [0, 0.05) is 44.0 Å². The molecule has 0 aliphatic carbocycles. The van der Waals surface area contributed by atoms with Crippen molar-refractivity contribution in [1.29, 1.82) is 0 Å². The number of hydrogen-bond acceptors (Lipinski definition) is 5. The van der Waals surface area contributed by atoms with E-state index in [1.807, 2.05) is 11.8 Å². The predicted molar refractivity (Wildman–Crippen MR) is 82.6 cm³/mol. The van der Waals surface area contributed by atoms with E-state index in [2.05, 4.69) is 16.8 Å². The zero-order chi connectivity index (χ0) is 14.5. The van der Waals surface area contributed by atoms with Crippen LogP contribution in [0.5, 0.6) is 0 Å². The van der Waals surface area contributed by atoms with Gasteiger partial charge in [-0.05, 0) is 13.3 Å². The molecule has 112 valence electrons. The molecule has 1 saturated heterocycles. The van der Waals surface area contributed by atoms with Crippen LogP contribution in [0.4, 0.5) is 5.13 Å². The zero-order valence-corrected chi connectivity index (χ0v) is 13.2. The molecule has 1 aliphatic rings. The fourth-order valence-electron chi connectivity index (χ4n) is 2.44. The Morgan fingerprint density at radius 3 is 2.60 bits per heavy atom. The summed E-state index contributed by atoms with van der Waals surface area (Å²) >= 11 is 1.57. The Balaban J connectivity index is 1.79. The first-order chi connectivity index (χ1) is 9.60. The standard InChI is InChI=1S/C14H24N4OS/c1-3-4-5-13(19)18-8-6-17(7-9-18)10-12-11(2)16-14(15)20-12/h3-10H2,1-2H3,(H2,15,16). The summed E-state index contributed by atoms with van der Waals surface area (Å²) in [5.74, 6) is 0.310. The lowest BCUT2D eigenvalue weighted by atomic mass is 10.2. The first-order valence-electron chi connectivity index (χ1n) is 7.32. The summed E-state index contributed by atoms with van der Waals surface area (Å²) in [6, 6.07) is 0. The van der Waals surface area contributed by atoms with Gasteiger partial charge >= 0.3 is 0 Å². The number of nitrogens with zero attached hydrogens (tertiary/aromatic N) is 3. The molecule has 1 amide bonds. The highest BCUT2D eigenvalue weighted by molar-refractivity contribution is 7.15. The Morgan fingerprint density at radius 1 is 1.35 bits per heavy atom. The van der Waals surface area contributed by atoms with Gasteiger partial charge in [-0.25, -0.2) is 4.98 Å². The van der Waals surface area contributed by atoms with Crippen LogP contribution in [0.25, 0.3) is 0 Å². The van der Waals surface area contributed by atoms with Gasteiger partial charge in [0.25, 0.3) is 0 Å². The molecule has 0 atom stereocenters. The third-order valence-corrected chi connectivity index (χ3v) is 4.72. The molecule has 1 aliphatic heterocycles. The highest BCUT2D eigenvalue weighted by atomic mass is 32.1. The summed E-state index contributed by atoms with van der Waals surface area (Å²) in [6.07, 6.45) is 2.77. The van der Waals surface area contributed by atoms with Crippen LogP contribution < -0.4 is 5.73 Å². The van der Waals surface area contributed by atoms with Gasteiger partial charge in [-0.1, -0.05) is 13.3 Å². The van der Waals surface area contributed by atoms with E-state index in [1.54, 1.807) is 11.3 Å². The van der Waals surface area contributed by atoms with Crippen molar-refractivity contribution in [3.63, 3.8) is 0 Å². The Labute approximate surface area is 124 Å². The monoisotopic (exact) mass is 296 g/mol. The van der Waals surface area contributed by atoms with E-state index in [0.717, 1.165) is 51.3 Å². The minimum atomic E-state index is 0.310. The Kier molecular flexibility index (Phi) is 5.37. The molecule has 0 saturated carbocycles. The summed E-state index contributed by atoms with van der Waals surface area (Å²) in [4.78, 5) is 21.8. The maximum atomic E-state index is 12.0. The number of aryl methyl sites for hydroxylation is 1. The van der Waals surface area contributed by atoms with Crippen molar-refractivity contribution in [3.8, 4) is 0 Å². The number of anilines is 1. The molecule has 1 aromatic heterocycles. The third kappa shape index (κ3) is 3.93. The third-order valence-electron chi connectivity index (χ3n) is 3.75. The van der Waals surface area contributed by atoms with Crippen molar-refractivity contribution in [2.75, 3.05) is 31.9 Å². The van der Waals surface area contributed by atoms with E-state index in [-0.39, 0.29) is 0 Å². The fraction of sp³-hybridized carbons (Fsp3) is 0.714. The molecule has 0 spiro atoms. The number of aromatic nitrogens is 1. The van der Waals surface area contributed by atoms with Crippen LogP contribution in [0, 0.1) is 6.92 Å². The van der Waals surface area contributed by atoms with Crippen LogP contribution in [0.1, 0.15) is 36.8 Å². The lowest BCUT2D eigenvalue weighted by molar-refractivity contribution is -0.133. The SMILES string of the molecule is CCCCC(=O)N1CCN(Cc2sc(N)nc2C)CC1. The highest BCUT2D eigenvalue weighted by Gasteiger charge is 2.21. The molecule has 0 bridgehead atoms. The molecule has 1 fully saturated rings. The van der Waals surface area contributed by atoms with E-state index in [1.165, 1.54) is 4.88 Å². The minimum absolute atomic E-state index is 0.310. The highest BCUT2D eigenvalue weighted by Crippen LogP contribution is 2.22. The van der Waals surface area contributed by atoms with Crippen molar-refractivity contribution in [2.45, 2.75) is 39.7 Å². The first-order valence-corrected chi connectivity index (χ1v) is 8.13. The number of carbonyl (C=O) groups excluding carboxylic acids is 1. The number of hydrogen-bond donors (Lipinski definition) is 1. The molecule has 2 rings (SSSR count). The molecule has 20 heavy (non-hydrogen) atoms. The molecule has 1 aromatic rings. The first kappa shape index (κ1) is 15.3. The van der Waals surface area contributed by atoms with Crippen LogP contribution in [0.3, 0.4) is 0 Å². The van der Waals surface area contributed by atoms with Gasteiger partial charge in [0.1, 0.15) is 0 Å². The van der Waals surface area contributed by atoms with Crippen LogP contribution in [-0.4, -0.2) is 46.9 Å². The van der Waals surface area contributed by atoms with Crippen LogP contribution >= 0.6 is 11.3 Å². The fourth-order valence-corrected chi connectivity index (χ4v) is 3.32. The number of unbranched alkanes of at least 4 members (excludes halogenated alkanes) is 1. The van der Waals surface area contributed by atoms with Gasteiger partial charge < -0.3 is 10.6 Å². The van der Waals surface area contributed by atoms with Crippen molar-refractivity contribution >= 4 is 22.4 Å². The summed E-state index contributed by atoms with van der Waals surface area (Å²) < 4.78 is 0. The number of nitrogen functional groups attached to an aromatic ring is 1. The number of thiazole rings is 1. The van der Waals surface area contributed by atoms with Gasteiger partial charge in [-0.15, -0.1) is 11.3 Å². The molecule has 0 radical (unpaired) electrons. The van der Waals surface area contributed by atoms with Gasteiger partial charge in [0.05, 0.1) is 5.69 Å². The topological polar surface area (TPSA) is 62.5 Å². The average molecular weight is 296 g/mol. The summed E-state index contributed by atoms with van der Waals surface area (Å²) in [6.45, 7) is 8.59. The number of rotatable bonds is 5. The molecule has 2 N–H and O–H groups in total. The maximum Gasteiger partial charge on any atom is 0.222 e. The Bertz CT molecular complexity index is 452. The minimum Gasteiger partial charge on any atom is -0.375 e. The van der Waals surface area contributed by atoms with Crippen molar-refractivity contribution in [2.24, 2.45) is 0 Å². The van der Waals surface area contributed by atoms with Crippen molar-refractivity contribution in [3.05, 3.63) is 10.6 Å². The van der Waals surface area contributed by atoms with Gasteiger partial charge in [-0.3, -0.25) is 9.69 Å². The molecule has 5 nitrogen and oxygen atoms in total. The van der Waals surface area contributed by atoms with Crippen LogP contribution in [0.15, 0.2) is 0 Å². The van der Waals surface area contributed by atoms with Gasteiger partial charge in [-0.2, -0.15) is 0 Å². The van der Waals surface area contributed by atoms with Crippen molar-refractivity contribution < 1.29 is 4.79 Å². The lowest BCUT2D eigenvalue weighted by Gasteiger charge is -2.34. The summed E-state index contributed by atoms with van der Waals surface area (Å²) in [5, 5.41) is 0.644. The maximum absolute atomic E-state index is 12.0. The number of amides is 1. The molecule has 0 unspecified atom stereocenters. The second-order valence-electron chi connectivity index (χ2n) is 5.32. The normalized spacial score (nSPS) is 16.6. The smallest absolute Gasteiger partial charge is 0.222 e. The molecule has 6 heteroatoms. The van der Waals surface area contributed by atoms with E-state index in [9.17, 15) is 4.79 Å². The number of piperazine rings is 1. The quantitative estimate of drug-likeness (QED) is 0.901. The van der Waals surface area contributed by atoms with E-state index in [4.69, 9.17) is 5.73 Å². The molecular formula is C14H24N4OS. The van der Waals surface area contributed by atoms with E-state index < -0.39 is 0 Å². The number of carbonyl (C=O) groups is 1. The lowest BCUT2D eigenvalue weighted by Crippen LogP contribution is -2.48. The van der Waals surface area contributed by atoms with E-state index in [0.29, 0.717) is 17.5 Å². The van der Waals surface area contributed by atoms with Crippen LogP contribution in [0.2, 0.25) is 0 Å². The second-order valence-corrected chi connectivity index (χ2v) is 6.44. The number of nitrogens with two attached hydrogens (primary N) is 1. The van der Waals surface area contributed by atoms with E-state index >= 15 is 0 Å². The molecular weight excluding hydrogens is 272 g/mol. The summed E-state index contributed by atoms with van der Waals surface area (Å²) in [5.41, 5.74) is 6.76. The Morgan fingerprint density at radius 2 is 2.05 bits per heavy atom. The van der Waals surface area contributed by atoms with Gasteiger partial charge in [0.2, 0.25) is 5.91 Å². The summed E-state index contributed by atoms with van der Waals surface area (Å²) in [7, 11) is 0. The molecule has 0 aromatic carbocycles. The van der Waals surface area contributed by atoms with Gasteiger partial charge in [0.15, 0.2) is 5.13 Å². The molecule has 2 heterocycles. The largest absolute Gasteiger partial charge is 0.375 e. The van der Waals surface area contributed by atoms with Crippen molar-refractivity contribution in [1.82, 2.24) is 14.8 Å². The predicted octanol–water partition coefficient (Wildman–Crippen LogP) is 1.87. The van der Waals surface area contributed by atoms with Crippen LogP contribution in [-0.2, 0) is 11.3 Å². The zero-order valence-electron chi connectivity index (χ0n) is 12.4. The average Bonchev–Trinajstić information content (AvgIpc) is 2.75. The Hall–Kier alpha value is -1.14.